The standard InChI is InChI=1S/C12H16BrNO/c13-10-5-3-8(4-6-10)11(7-14)12(15)9-1-2-9/h3-6,9,11-12,15H,1-2,7,14H2. The predicted molar refractivity (Wildman–Crippen MR) is 64.7 cm³/mol. The maximum Gasteiger partial charge on any atom is 0.0648 e. The van der Waals surface area contributed by atoms with E-state index < -0.39 is 0 Å². The van der Waals surface area contributed by atoms with Crippen molar-refractivity contribution in [1.29, 1.82) is 0 Å². The van der Waals surface area contributed by atoms with E-state index in [1.807, 2.05) is 24.3 Å². The lowest BCUT2D eigenvalue weighted by molar-refractivity contribution is 0.123. The normalized spacial score (nSPS) is 19.9. The smallest absolute Gasteiger partial charge is 0.0648 e. The molecule has 2 atom stereocenters. The van der Waals surface area contributed by atoms with E-state index in [4.69, 9.17) is 5.73 Å². The van der Waals surface area contributed by atoms with Gasteiger partial charge in [0.05, 0.1) is 6.10 Å². The van der Waals surface area contributed by atoms with Gasteiger partial charge in [-0.25, -0.2) is 0 Å². The Bertz CT molecular complexity index is 321. The van der Waals surface area contributed by atoms with Crippen molar-refractivity contribution >= 4 is 15.9 Å². The average molecular weight is 270 g/mol. The monoisotopic (exact) mass is 269 g/mol. The SMILES string of the molecule is NCC(c1ccc(Br)cc1)C(O)C1CC1. The molecule has 0 aliphatic heterocycles. The third-order valence-electron chi connectivity index (χ3n) is 3.07. The van der Waals surface area contributed by atoms with E-state index in [0.29, 0.717) is 12.5 Å². The van der Waals surface area contributed by atoms with Gasteiger partial charge in [-0.2, -0.15) is 0 Å². The molecule has 2 nitrogen and oxygen atoms in total. The molecule has 1 fully saturated rings. The highest BCUT2D eigenvalue weighted by molar-refractivity contribution is 9.10. The summed E-state index contributed by atoms with van der Waals surface area (Å²) >= 11 is 3.40. The zero-order valence-corrected chi connectivity index (χ0v) is 10.2. The van der Waals surface area contributed by atoms with Crippen LogP contribution in [0, 0.1) is 5.92 Å². The first-order valence-electron chi connectivity index (χ1n) is 5.36. The Morgan fingerprint density at radius 3 is 2.40 bits per heavy atom. The van der Waals surface area contributed by atoms with Crippen LogP contribution in [0.2, 0.25) is 0 Å². The molecule has 3 N–H and O–H groups in total. The minimum absolute atomic E-state index is 0.0885. The number of rotatable bonds is 4. The summed E-state index contributed by atoms with van der Waals surface area (Å²) in [6.07, 6.45) is 2.03. The van der Waals surface area contributed by atoms with Crippen molar-refractivity contribution in [3.8, 4) is 0 Å². The minimum Gasteiger partial charge on any atom is -0.392 e. The van der Waals surface area contributed by atoms with Gasteiger partial charge in [0, 0.05) is 16.9 Å². The Morgan fingerprint density at radius 2 is 1.93 bits per heavy atom. The van der Waals surface area contributed by atoms with Gasteiger partial charge in [-0.05, 0) is 36.5 Å². The van der Waals surface area contributed by atoms with E-state index in [0.717, 1.165) is 22.9 Å². The quantitative estimate of drug-likeness (QED) is 0.881. The van der Waals surface area contributed by atoms with Crippen LogP contribution in [-0.2, 0) is 0 Å². The van der Waals surface area contributed by atoms with E-state index in [1.54, 1.807) is 0 Å². The molecule has 1 saturated carbocycles. The molecule has 2 unspecified atom stereocenters. The fraction of sp³-hybridized carbons (Fsp3) is 0.500. The molecule has 1 aromatic carbocycles. The Kier molecular flexibility index (Phi) is 3.44. The fourth-order valence-corrected chi connectivity index (χ4v) is 2.21. The van der Waals surface area contributed by atoms with Crippen LogP contribution in [-0.4, -0.2) is 17.8 Å². The van der Waals surface area contributed by atoms with Crippen molar-refractivity contribution in [3.05, 3.63) is 34.3 Å². The number of halogens is 1. The molecule has 0 radical (unpaired) electrons. The van der Waals surface area contributed by atoms with Crippen LogP contribution in [0.15, 0.2) is 28.7 Å². The first kappa shape index (κ1) is 11.1. The van der Waals surface area contributed by atoms with Gasteiger partial charge >= 0.3 is 0 Å². The topological polar surface area (TPSA) is 46.2 Å². The van der Waals surface area contributed by atoms with Crippen LogP contribution in [0.1, 0.15) is 24.3 Å². The minimum atomic E-state index is -0.267. The Balaban J connectivity index is 2.14. The molecule has 3 heteroatoms. The molecule has 0 amide bonds. The van der Waals surface area contributed by atoms with Gasteiger partial charge in [-0.1, -0.05) is 28.1 Å². The number of benzene rings is 1. The highest BCUT2D eigenvalue weighted by atomic mass is 79.9. The lowest BCUT2D eigenvalue weighted by atomic mass is 9.91. The maximum absolute atomic E-state index is 10.1. The van der Waals surface area contributed by atoms with Crippen molar-refractivity contribution < 1.29 is 5.11 Å². The van der Waals surface area contributed by atoms with Crippen molar-refractivity contribution in [2.45, 2.75) is 24.9 Å². The maximum atomic E-state index is 10.1. The van der Waals surface area contributed by atoms with E-state index in [1.165, 1.54) is 0 Å². The van der Waals surface area contributed by atoms with E-state index in [-0.39, 0.29) is 12.0 Å². The van der Waals surface area contributed by atoms with Gasteiger partial charge in [0.1, 0.15) is 0 Å². The van der Waals surface area contributed by atoms with Crippen molar-refractivity contribution in [1.82, 2.24) is 0 Å². The Hall–Kier alpha value is -0.380. The highest BCUT2D eigenvalue weighted by Crippen LogP contribution is 2.38. The molecule has 1 aromatic rings. The number of hydrogen-bond acceptors (Lipinski definition) is 2. The summed E-state index contributed by atoms with van der Waals surface area (Å²) in [5.74, 6) is 0.563. The highest BCUT2D eigenvalue weighted by Gasteiger charge is 2.35. The molecule has 1 aliphatic carbocycles. The molecule has 0 saturated heterocycles. The molecular weight excluding hydrogens is 254 g/mol. The zero-order chi connectivity index (χ0) is 10.8. The third-order valence-corrected chi connectivity index (χ3v) is 3.60. The molecule has 0 aromatic heterocycles. The molecule has 0 spiro atoms. The number of aliphatic hydroxyl groups excluding tert-OH is 1. The second-order valence-electron chi connectivity index (χ2n) is 4.22. The van der Waals surface area contributed by atoms with E-state index >= 15 is 0 Å². The van der Waals surface area contributed by atoms with Gasteiger partial charge in [0.25, 0.3) is 0 Å². The number of hydrogen-bond donors (Lipinski definition) is 2. The summed E-state index contributed by atoms with van der Waals surface area (Å²) in [6, 6.07) is 8.07. The van der Waals surface area contributed by atoms with Crippen LogP contribution < -0.4 is 5.73 Å². The fourth-order valence-electron chi connectivity index (χ4n) is 1.95. The first-order valence-corrected chi connectivity index (χ1v) is 6.15. The van der Waals surface area contributed by atoms with Gasteiger partial charge in [-0.15, -0.1) is 0 Å². The second kappa shape index (κ2) is 4.64. The van der Waals surface area contributed by atoms with Crippen molar-refractivity contribution in [2.24, 2.45) is 11.7 Å². The van der Waals surface area contributed by atoms with Crippen molar-refractivity contribution in [2.75, 3.05) is 6.54 Å². The summed E-state index contributed by atoms with van der Waals surface area (Å²) in [6.45, 7) is 0.513. The summed E-state index contributed by atoms with van der Waals surface area (Å²) in [4.78, 5) is 0. The number of aliphatic hydroxyl groups is 1. The second-order valence-corrected chi connectivity index (χ2v) is 5.14. The third kappa shape index (κ3) is 2.60. The van der Waals surface area contributed by atoms with Crippen LogP contribution in [0.3, 0.4) is 0 Å². The van der Waals surface area contributed by atoms with Gasteiger partial charge < -0.3 is 10.8 Å². The Morgan fingerprint density at radius 1 is 1.33 bits per heavy atom. The largest absolute Gasteiger partial charge is 0.392 e. The Labute approximate surface area is 98.6 Å². The summed E-state index contributed by atoms with van der Waals surface area (Å²) in [5, 5.41) is 10.1. The van der Waals surface area contributed by atoms with Crippen LogP contribution in [0.5, 0.6) is 0 Å². The van der Waals surface area contributed by atoms with Gasteiger partial charge in [-0.3, -0.25) is 0 Å². The molecule has 1 aliphatic rings. The van der Waals surface area contributed by atoms with Crippen LogP contribution >= 0.6 is 15.9 Å². The van der Waals surface area contributed by atoms with Crippen LogP contribution in [0.4, 0.5) is 0 Å². The van der Waals surface area contributed by atoms with Gasteiger partial charge in [0.2, 0.25) is 0 Å². The zero-order valence-electron chi connectivity index (χ0n) is 8.57. The average Bonchev–Trinajstić information content (AvgIpc) is 3.05. The lowest BCUT2D eigenvalue weighted by Crippen LogP contribution is -2.27. The van der Waals surface area contributed by atoms with E-state index in [2.05, 4.69) is 15.9 Å². The molecule has 0 heterocycles. The number of nitrogens with two attached hydrogens (primary N) is 1. The van der Waals surface area contributed by atoms with Gasteiger partial charge in [0.15, 0.2) is 0 Å². The first-order chi connectivity index (χ1) is 7.22. The summed E-state index contributed by atoms with van der Waals surface area (Å²) in [7, 11) is 0. The predicted octanol–water partition coefficient (Wildman–Crippen LogP) is 2.26. The molecule has 82 valence electrons. The lowest BCUT2D eigenvalue weighted by Gasteiger charge is -2.21. The summed E-state index contributed by atoms with van der Waals surface area (Å²) < 4.78 is 1.06. The molecular formula is C12H16BrNO. The molecule has 0 bridgehead atoms. The van der Waals surface area contributed by atoms with Crippen LogP contribution in [0.25, 0.3) is 0 Å². The van der Waals surface area contributed by atoms with E-state index in [9.17, 15) is 5.11 Å². The molecule has 15 heavy (non-hydrogen) atoms. The van der Waals surface area contributed by atoms with Crippen molar-refractivity contribution in [3.63, 3.8) is 0 Å². The molecule has 2 rings (SSSR count). The summed E-state index contributed by atoms with van der Waals surface area (Å²) in [5.41, 5.74) is 6.88.